The fourth-order valence-electron chi connectivity index (χ4n) is 1.40. The van der Waals surface area contributed by atoms with Crippen molar-refractivity contribution < 1.29 is 4.74 Å². The third kappa shape index (κ3) is 2.02. The van der Waals surface area contributed by atoms with Gasteiger partial charge in [-0.1, -0.05) is 11.5 Å². The highest BCUT2D eigenvalue weighted by molar-refractivity contribution is 6.38. The van der Waals surface area contributed by atoms with Crippen molar-refractivity contribution in [1.29, 1.82) is 0 Å². The van der Waals surface area contributed by atoms with Gasteiger partial charge in [0.15, 0.2) is 7.28 Å². The molecule has 0 saturated carbocycles. The Bertz CT molecular complexity index is 149. The van der Waals surface area contributed by atoms with E-state index in [0.29, 0.717) is 0 Å². The molecule has 3 nitrogen and oxygen atoms in total. The molecule has 11 heavy (non-hydrogen) atoms. The van der Waals surface area contributed by atoms with Gasteiger partial charge in [0.05, 0.1) is 11.5 Å². The van der Waals surface area contributed by atoms with E-state index in [1.165, 1.54) is 0 Å². The molecule has 0 unspecified atom stereocenters. The van der Waals surface area contributed by atoms with E-state index in [1.54, 1.807) is 0 Å². The fraction of sp³-hybridized carbons (Fsp3) is 1.00. The van der Waals surface area contributed by atoms with Gasteiger partial charge in [0.25, 0.3) is 0 Å². The lowest BCUT2D eigenvalue weighted by molar-refractivity contribution is -0.0149. The molecular weight excluding hydrogens is 141 g/mol. The minimum atomic E-state index is -0.349. The van der Waals surface area contributed by atoms with E-state index in [9.17, 15) is 4.91 Å². The average Bonchev–Trinajstić information content (AvgIpc) is 2.10. The Kier molecular flexibility index (Phi) is 2.65. The van der Waals surface area contributed by atoms with Crippen LogP contribution in [0.4, 0.5) is 0 Å². The Labute approximate surface area is 67.7 Å². The van der Waals surface area contributed by atoms with Crippen molar-refractivity contribution in [2.24, 2.45) is 5.18 Å². The molecule has 0 aromatic heterocycles. The van der Waals surface area contributed by atoms with E-state index in [2.05, 4.69) is 5.18 Å². The van der Waals surface area contributed by atoms with Crippen molar-refractivity contribution in [2.75, 3.05) is 6.61 Å². The van der Waals surface area contributed by atoms with E-state index >= 15 is 0 Å². The molecule has 1 fully saturated rings. The molecule has 0 aliphatic carbocycles. The number of ether oxygens (including phenoxy) is 1. The van der Waals surface area contributed by atoms with Crippen LogP contribution in [0, 0.1) is 4.91 Å². The number of rotatable bonds is 1. The van der Waals surface area contributed by atoms with E-state index in [1.807, 2.05) is 13.8 Å². The number of hydrogen-bond donors (Lipinski definition) is 0. The zero-order valence-electron chi connectivity index (χ0n) is 7.17. The average molecular weight is 155 g/mol. The summed E-state index contributed by atoms with van der Waals surface area (Å²) in [4.78, 5) is 10.4. The molecule has 0 amide bonds. The summed E-state index contributed by atoms with van der Waals surface area (Å²) in [5, 5.41) is 3.09. The van der Waals surface area contributed by atoms with Crippen LogP contribution in [-0.2, 0) is 4.74 Å². The van der Waals surface area contributed by atoms with Gasteiger partial charge in [-0.25, -0.2) is 0 Å². The van der Waals surface area contributed by atoms with Crippen LogP contribution in [-0.4, -0.2) is 25.4 Å². The first-order valence-corrected chi connectivity index (χ1v) is 4.13. The van der Waals surface area contributed by atoms with Gasteiger partial charge >= 0.3 is 0 Å². The van der Waals surface area contributed by atoms with Crippen LogP contribution < -0.4 is 0 Å². The lowest BCUT2D eigenvalue weighted by atomic mass is 9.61. The van der Waals surface area contributed by atoms with Crippen molar-refractivity contribution >= 4 is 7.28 Å². The molecule has 4 heteroatoms. The minimum Gasteiger partial charge on any atom is -0.374 e. The van der Waals surface area contributed by atoms with Crippen molar-refractivity contribution in [3.05, 3.63) is 4.91 Å². The molecular formula is C7H14BNO2. The minimum absolute atomic E-state index is 0.162. The maximum absolute atomic E-state index is 10.4. The fourth-order valence-corrected chi connectivity index (χ4v) is 1.40. The van der Waals surface area contributed by atoms with Gasteiger partial charge in [-0.3, -0.25) is 0 Å². The molecule has 1 heterocycles. The van der Waals surface area contributed by atoms with E-state index in [-0.39, 0.29) is 11.5 Å². The predicted octanol–water partition coefficient (Wildman–Crippen LogP) is 1.13. The highest BCUT2D eigenvalue weighted by atomic mass is 16.5. The molecule has 0 aromatic carbocycles. The summed E-state index contributed by atoms with van der Waals surface area (Å²) in [5.41, 5.74) is -0.349. The molecule has 0 N–H and O–H groups in total. The largest absolute Gasteiger partial charge is 0.374 e. The second-order valence-corrected chi connectivity index (χ2v) is 3.57. The quantitative estimate of drug-likeness (QED) is 0.420. The maximum atomic E-state index is 10.4. The molecule has 0 bridgehead atoms. The van der Waals surface area contributed by atoms with Crippen molar-refractivity contribution in [1.82, 2.24) is 0 Å². The highest BCUT2D eigenvalue weighted by Crippen LogP contribution is 2.21. The van der Waals surface area contributed by atoms with Gasteiger partial charge < -0.3 is 4.74 Å². The van der Waals surface area contributed by atoms with E-state index in [0.717, 1.165) is 26.6 Å². The Morgan fingerprint density at radius 1 is 1.64 bits per heavy atom. The van der Waals surface area contributed by atoms with Gasteiger partial charge in [0.1, 0.15) is 0 Å². The monoisotopic (exact) mass is 155 g/mol. The lowest BCUT2D eigenvalue weighted by Crippen LogP contribution is -2.39. The lowest BCUT2D eigenvalue weighted by Gasteiger charge is -2.26. The molecule has 0 aromatic rings. The second kappa shape index (κ2) is 3.35. The highest BCUT2D eigenvalue weighted by Gasteiger charge is 2.33. The summed E-state index contributed by atoms with van der Waals surface area (Å²) in [6.07, 6.45) is 2.11. The summed E-state index contributed by atoms with van der Waals surface area (Å²) < 4.78 is 5.50. The Morgan fingerprint density at radius 3 is 3.00 bits per heavy atom. The third-order valence-electron chi connectivity index (χ3n) is 2.28. The molecule has 1 aliphatic heterocycles. The van der Waals surface area contributed by atoms with Crippen LogP contribution in [0.5, 0.6) is 0 Å². The van der Waals surface area contributed by atoms with Gasteiger partial charge in [-0.15, -0.1) is 0 Å². The molecule has 1 rings (SSSR count). The normalized spacial score (nSPS) is 30.2. The molecule has 0 spiro atoms. The maximum Gasteiger partial charge on any atom is 0.160 e. The van der Waals surface area contributed by atoms with Crippen LogP contribution in [0.1, 0.15) is 20.3 Å². The van der Waals surface area contributed by atoms with E-state index in [4.69, 9.17) is 4.74 Å². The smallest absolute Gasteiger partial charge is 0.160 e. The number of nitrogens with zero attached hydrogens (tertiary/aromatic N) is 1. The van der Waals surface area contributed by atoms with Gasteiger partial charge in [0.2, 0.25) is 0 Å². The van der Waals surface area contributed by atoms with Gasteiger partial charge in [-0.05, 0) is 20.3 Å². The van der Waals surface area contributed by atoms with Crippen LogP contribution >= 0.6 is 0 Å². The first kappa shape index (κ1) is 8.72. The molecule has 1 aliphatic rings. The van der Waals surface area contributed by atoms with Crippen LogP contribution in [0.3, 0.4) is 0 Å². The topological polar surface area (TPSA) is 38.7 Å². The Balaban J connectivity index is 2.63. The third-order valence-corrected chi connectivity index (χ3v) is 2.28. The summed E-state index contributed by atoms with van der Waals surface area (Å²) in [5.74, 6) is -0.162. The molecule has 0 radical (unpaired) electrons. The predicted molar refractivity (Wildman–Crippen MR) is 46.2 cm³/mol. The van der Waals surface area contributed by atoms with Gasteiger partial charge in [0, 0.05) is 6.61 Å². The SMILES string of the molecule is CC1(C)OCCCB[C@@H]1N=O. The zero-order valence-corrected chi connectivity index (χ0v) is 7.17. The Hall–Kier alpha value is -0.375. The zero-order chi connectivity index (χ0) is 8.32. The summed E-state index contributed by atoms with van der Waals surface area (Å²) >= 11 is 0. The van der Waals surface area contributed by atoms with Gasteiger partial charge in [-0.2, -0.15) is 4.91 Å². The first-order valence-electron chi connectivity index (χ1n) is 4.13. The summed E-state index contributed by atoms with van der Waals surface area (Å²) in [7, 11) is 0.872. The van der Waals surface area contributed by atoms with Crippen LogP contribution in [0.25, 0.3) is 0 Å². The van der Waals surface area contributed by atoms with Crippen molar-refractivity contribution in [3.8, 4) is 0 Å². The number of nitroso groups, excluding NO2 is 1. The summed E-state index contributed by atoms with van der Waals surface area (Å²) in [6.45, 7) is 4.63. The second-order valence-electron chi connectivity index (χ2n) is 3.57. The first-order chi connectivity index (χ1) is 5.17. The number of hydrogen-bond acceptors (Lipinski definition) is 3. The molecule has 1 saturated heterocycles. The van der Waals surface area contributed by atoms with Crippen molar-refractivity contribution in [2.45, 2.75) is 38.1 Å². The molecule has 1 atom stereocenters. The summed E-state index contributed by atoms with van der Waals surface area (Å²) in [6, 6.07) is 0. The van der Waals surface area contributed by atoms with E-state index < -0.39 is 0 Å². The molecule has 62 valence electrons. The Morgan fingerprint density at radius 2 is 2.36 bits per heavy atom. The van der Waals surface area contributed by atoms with Crippen LogP contribution in [0.15, 0.2) is 5.18 Å². The standard InChI is InChI=1S/C7H14BNO2/c1-7(2)6(9-10)8-4-3-5-11-7/h6,8H,3-5H2,1-2H3/t6-/m1/s1. The van der Waals surface area contributed by atoms with Crippen LogP contribution in [0.2, 0.25) is 6.32 Å². The van der Waals surface area contributed by atoms with Crippen molar-refractivity contribution in [3.63, 3.8) is 0 Å².